The topological polar surface area (TPSA) is 54.9 Å². The average molecular weight is 380 g/mol. The van der Waals surface area contributed by atoms with Gasteiger partial charge in [-0.15, -0.1) is 0 Å². The van der Waals surface area contributed by atoms with Gasteiger partial charge in [0.1, 0.15) is 10.9 Å². The summed E-state index contributed by atoms with van der Waals surface area (Å²) >= 11 is 1.47. The lowest BCUT2D eigenvalue weighted by molar-refractivity contribution is -0.115. The minimum Gasteiger partial charge on any atom is -0.325 e. The summed E-state index contributed by atoms with van der Waals surface area (Å²) in [5.41, 5.74) is 2.98. The summed E-state index contributed by atoms with van der Waals surface area (Å²) in [5, 5.41) is 4.66. The third kappa shape index (κ3) is 4.48. The molecule has 1 aromatic heterocycles. The van der Waals surface area contributed by atoms with Crippen LogP contribution in [-0.2, 0) is 4.79 Å². The van der Waals surface area contributed by atoms with Gasteiger partial charge in [-0.1, -0.05) is 62.0 Å². The Labute approximate surface area is 164 Å². The zero-order chi connectivity index (χ0) is 19.4. The molecule has 1 N–H and O–H groups in total. The summed E-state index contributed by atoms with van der Waals surface area (Å²) < 4.78 is 0. The first-order valence-electron chi connectivity index (χ1n) is 9.29. The lowest BCUT2D eigenvalue weighted by Crippen LogP contribution is -2.23. The molecule has 4 nitrogen and oxygen atoms in total. The first-order chi connectivity index (χ1) is 13.0. The van der Waals surface area contributed by atoms with Gasteiger partial charge < -0.3 is 5.32 Å². The number of para-hydroxylation sites is 2. The van der Waals surface area contributed by atoms with E-state index in [1.54, 1.807) is 0 Å². The first-order valence-corrected chi connectivity index (χ1v) is 10.2. The van der Waals surface area contributed by atoms with Gasteiger partial charge in [-0.25, -0.2) is 9.97 Å². The number of fused-ring (bicyclic) bond motifs is 1. The molecule has 0 spiro atoms. The smallest absolute Gasteiger partial charge is 0.237 e. The Morgan fingerprint density at radius 3 is 2.56 bits per heavy atom. The summed E-state index contributed by atoms with van der Waals surface area (Å²) in [4.78, 5) is 21.9. The van der Waals surface area contributed by atoms with Crippen molar-refractivity contribution in [2.45, 2.75) is 50.3 Å². The number of aromatic nitrogens is 2. The minimum atomic E-state index is -0.271. The summed E-state index contributed by atoms with van der Waals surface area (Å²) in [5.74, 6) is 1.10. The highest BCUT2D eigenvalue weighted by Gasteiger charge is 2.19. The highest BCUT2D eigenvalue weighted by atomic mass is 32.2. The van der Waals surface area contributed by atoms with E-state index in [-0.39, 0.29) is 11.2 Å². The highest BCUT2D eigenvalue weighted by molar-refractivity contribution is 8.00. The molecule has 2 atom stereocenters. The van der Waals surface area contributed by atoms with Gasteiger partial charge in [0.15, 0.2) is 0 Å². The van der Waals surface area contributed by atoms with Crippen LogP contribution in [0.3, 0.4) is 0 Å². The number of thioether (sulfide) groups is 1. The Morgan fingerprint density at radius 2 is 1.78 bits per heavy atom. The number of rotatable bonds is 6. The highest BCUT2D eigenvalue weighted by Crippen LogP contribution is 2.31. The van der Waals surface area contributed by atoms with E-state index in [0.717, 1.165) is 28.0 Å². The van der Waals surface area contributed by atoms with Crippen LogP contribution in [0.5, 0.6) is 0 Å². The Balaban J connectivity index is 1.80. The van der Waals surface area contributed by atoms with Crippen LogP contribution in [0, 0.1) is 6.92 Å². The van der Waals surface area contributed by atoms with E-state index in [0.29, 0.717) is 11.7 Å². The van der Waals surface area contributed by atoms with E-state index in [9.17, 15) is 4.79 Å². The lowest BCUT2D eigenvalue weighted by Gasteiger charge is -2.18. The maximum Gasteiger partial charge on any atom is 0.237 e. The van der Waals surface area contributed by atoms with Crippen LogP contribution in [0.4, 0.5) is 5.69 Å². The maximum atomic E-state index is 12.8. The molecule has 1 amide bonds. The van der Waals surface area contributed by atoms with Gasteiger partial charge in [0.25, 0.3) is 0 Å². The van der Waals surface area contributed by atoms with Crippen molar-refractivity contribution in [2.75, 3.05) is 5.32 Å². The van der Waals surface area contributed by atoms with E-state index in [1.165, 1.54) is 17.3 Å². The zero-order valence-electron chi connectivity index (χ0n) is 16.2. The summed E-state index contributed by atoms with van der Waals surface area (Å²) in [6.07, 6.45) is 1.03. The fourth-order valence-corrected chi connectivity index (χ4v) is 3.95. The van der Waals surface area contributed by atoms with Gasteiger partial charge in [-0.3, -0.25) is 4.79 Å². The van der Waals surface area contributed by atoms with E-state index in [4.69, 9.17) is 0 Å². The predicted molar refractivity (Wildman–Crippen MR) is 113 cm³/mol. The molecule has 0 saturated carbocycles. The molecule has 3 rings (SSSR count). The maximum absolute atomic E-state index is 12.8. The van der Waals surface area contributed by atoms with Crippen molar-refractivity contribution in [3.63, 3.8) is 0 Å². The molecule has 0 unspecified atom stereocenters. The van der Waals surface area contributed by atoms with Crippen LogP contribution < -0.4 is 5.32 Å². The third-order valence-electron chi connectivity index (χ3n) is 4.70. The number of amides is 1. The molecule has 140 valence electrons. The van der Waals surface area contributed by atoms with Crippen molar-refractivity contribution in [3.8, 4) is 0 Å². The molecule has 0 bridgehead atoms. The largest absolute Gasteiger partial charge is 0.325 e. The second kappa shape index (κ2) is 8.53. The zero-order valence-corrected chi connectivity index (χ0v) is 17.0. The molecule has 0 aliphatic carbocycles. The number of carbonyl (C=O) groups is 1. The number of benzene rings is 2. The molecular formula is C22H25N3OS. The number of hydrogen-bond acceptors (Lipinski definition) is 4. The number of anilines is 1. The number of aryl methyl sites for hydroxylation is 1. The van der Waals surface area contributed by atoms with E-state index < -0.39 is 0 Å². The van der Waals surface area contributed by atoms with Crippen LogP contribution in [0.25, 0.3) is 10.9 Å². The third-order valence-corrected chi connectivity index (χ3v) is 5.80. The molecule has 0 fully saturated rings. The Morgan fingerprint density at radius 1 is 1.07 bits per heavy atom. The summed E-state index contributed by atoms with van der Waals surface area (Å²) in [6, 6.07) is 15.9. The van der Waals surface area contributed by atoms with Gasteiger partial charge in [0, 0.05) is 11.1 Å². The van der Waals surface area contributed by atoms with Gasteiger partial charge in [-0.05, 0) is 43.9 Å². The van der Waals surface area contributed by atoms with Crippen LogP contribution in [0.1, 0.15) is 44.5 Å². The van der Waals surface area contributed by atoms with Crippen molar-refractivity contribution in [1.82, 2.24) is 9.97 Å². The Bertz CT molecular complexity index is 957. The SMILES string of the molecule is CC[C@H](C)c1ccccc1NC(=O)[C@@H](C)Sc1nc(C)nc2ccccc12. The number of nitrogens with one attached hydrogen (secondary N) is 1. The molecule has 0 radical (unpaired) electrons. The number of hydrogen-bond donors (Lipinski definition) is 1. The van der Waals surface area contributed by atoms with Gasteiger partial charge in [-0.2, -0.15) is 0 Å². The Kier molecular flexibility index (Phi) is 6.11. The fraction of sp³-hybridized carbons (Fsp3) is 0.318. The molecule has 0 aliphatic rings. The van der Waals surface area contributed by atoms with Crippen LogP contribution in [0.15, 0.2) is 53.6 Å². The molecule has 3 aromatic rings. The van der Waals surface area contributed by atoms with Gasteiger partial charge >= 0.3 is 0 Å². The number of carbonyl (C=O) groups excluding carboxylic acids is 1. The lowest BCUT2D eigenvalue weighted by atomic mass is 9.97. The average Bonchev–Trinajstić information content (AvgIpc) is 2.67. The summed E-state index contributed by atoms with van der Waals surface area (Å²) in [6.45, 7) is 8.13. The quantitative estimate of drug-likeness (QED) is 0.449. The van der Waals surface area contributed by atoms with Crippen LogP contribution in [-0.4, -0.2) is 21.1 Å². The van der Waals surface area contributed by atoms with Gasteiger partial charge in [0.2, 0.25) is 5.91 Å². The summed E-state index contributed by atoms with van der Waals surface area (Å²) in [7, 11) is 0. The van der Waals surface area contributed by atoms with E-state index >= 15 is 0 Å². The Hall–Kier alpha value is -2.40. The standard InChI is InChI=1S/C22H25N3OS/c1-5-14(2)17-10-6-8-12-19(17)25-21(26)15(3)27-22-18-11-7-9-13-20(18)23-16(4)24-22/h6-15H,5H2,1-4H3,(H,25,26)/t14-,15+/m0/s1. The molecule has 0 saturated heterocycles. The molecule has 0 aliphatic heterocycles. The molecule has 2 aromatic carbocycles. The normalized spacial score (nSPS) is 13.3. The van der Waals surface area contributed by atoms with E-state index in [1.807, 2.05) is 56.3 Å². The van der Waals surface area contributed by atoms with E-state index in [2.05, 4.69) is 35.2 Å². The first kappa shape index (κ1) is 19.4. The van der Waals surface area contributed by atoms with Crippen molar-refractivity contribution < 1.29 is 4.79 Å². The van der Waals surface area contributed by atoms with Crippen molar-refractivity contribution in [1.29, 1.82) is 0 Å². The fourth-order valence-electron chi connectivity index (χ4n) is 2.96. The molecular weight excluding hydrogens is 354 g/mol. The van der Waals surface area contributed by atoms with Crippen LogP contribution in [0.2, 0.25) is 0 Å². The van der Waals surface area contributed by atoms with Crippen molar-refractivity contribution >= 4 is 34.3 Å². The van der Waals surface area contributed by atoms with Crippen molar-refractivity contribution in [2.24, 2.45) is 0 Å². The monoisotopic (exact) mass is 379 g/mol. The molecule has 27 heavy (non-hydrogen) atoms. The van der Waals surface area contributed by atoms with Crippen molar-refractivity contribution in [3.05, 3.63) is 59.9 Å². The second-order valence-corrected chi connectivity index (χ2v) is 8.07. The predicted octanol–water partition coefficient (Wildman–Crippen LogP) is 5.57. The molecule has 1 heterocycles. The van der Waals surface area contributed by atoms with Gasteiger partial charge in [0.05, 0.1) is 10.8 Å². The number of nitrogens with zero attached hydrogens (tertiary/aromatic N) is 2. The second-order valence-electron chi connectivity index (χ2n) is 6.74. The minimum absolute atomic E-state index is 0.0175. The molecule has 5 heteroatoms. The van der Waals surface area contributed by atoms with Crippen LogP contribution >= 0.6 is 11.8 Å².